The molecule has 2 rings (SSSR count). The Morgan fingerprint density at radius 3 is 2.77 bits per heavy atom. The first-order valence-corrected chi connectivity index (χ1v) is 5.24. The third-order valence-corrected chi connectivity index (χ3v) is 2.57. The fraction of sp³-hybridized carbons (Fsp3) is 0.750. The van der Waals surface area contributed by atoms with Crippen LogP contribution < -0.4 is 10.1 Å². The second-order valence-electron chi connectivity index (χ2n) is 3.47. The molecule has 1 aromatic rings. The van der Waals surface area contributed by atoms with Gasteiger partial charge < -0.3 is 10.1 Å². The van der Waals surface area contributed by atoms with Crippen molar-refractivity contribution < 1.29 is 4.74 Å². The van der Waals surface area contributed by atoms with Crippen molar-refractivity contribution in [3.05, 3.63) is 5.82 Å². The predicted octanol–water partition coefficient (Wildman–Crippen LogP) is 1.01. The summed E-state index contributed by atoms with van der Waals surface area (Å²) in [4.78, 5) is 4.29. The maximum Gasteiger partial charge on any atom is 0.293 e. The Hall–Kier alpha value is -0.680. The summed E-state index contributed by atoms with van der Waals surface area (Å²) in [6.07, 6.45) is 0.299. The van der Waals surface area contributed by atoms with E-state index in [1.54, 1.807) is 0 Å². The summed E-state index contributed by atoms with van der Waals surface area (Å²) in [5.74, 6) is 1.26. The van der Waals surface area contributed by atoms with Gasteiger partial charge in [0.05, 0.1) is 0 Å². The Balaban J connectivity index is 1.96. The average Bonchev–Trinajstić information content (AvgIpc) is 2.44. The van der Waals surface area contributed by atoms with Gasteiger partial charge >= 0.3 is 0 Å². The maximum absolute atomic E-state index is 5.56. The van der Waals surface area contributed by atoms with Gasteiger partial charge in [0.25, 0.3) is 5.19 Å². The molecular weight excluding hydrogens is 186 g/mol. The number of rotatable bonds is 3. The summed E-state index contributed by atoms with van der Waals surface area (Å²) in [5.41, 5.74) is 0. The van der Waals surface area contributed by atoms with Gasteiger partial charge in [0.15, 0.2) is 0 Å². The minimum absolute atomic E-state index is 0.299. The summed E-state index contributed by atoms with van der Waals surface area (Å²) in [7, 11) is 0. The molecule has 1 saturated heterocycles. The van der Waals surface area contributed by atoms with Crippen LogP contribution in [0, 0.1) is 0 Å². The molecule has 1 aliphatic heterocycles. The molecule has 4 nitrogen and oxygen atoms in total. The molecule has 0 unspecified atom stereocenters. The maximum atomic E-state index is 5.56. The van der Waals surface area contributed by atoms with E-state index in [1.807, 2.05) is 0 Å². The van der Waals surface area contributed by atoms with Crippen LogP contribution in [0.5, 0.6) is 5.19 Å². The molecule has 1 fully saturated rings. The molecule has 0 saturated carbocycles. The highest BCUT2D eigenvalue weighted by Crippen LogP contribution is 2.20. The molecule has 2 heterocycles. The first-order valence-electron chi connectivity index (χ1n) is 4.46. The number of aromatic nitrogens is 2. The Bertz CT molecular complexity index is 283. The van der Waals surface area contributed by atoms with Crippen molar-refractivity contribution in [2.75, 3.05) is 13.1 Å². The van der Waals surface area contributed by atoms with Crippen molar-refractivity contribution in [3.8, 4) is 5.19 Å². The lowest BCUT2D eigenvalue weighted by Gasteiger charge is -2.25. The van der Waals surface area contributed by atoms with Crippen molar-refractivity contribution in [2.45, 2.75) is 25.9 Å². The molecule has 0 atom stereocenters. The lowest BCUT2D eigenvalue weighted by molar-refractivity contribution is 0.141. The first kappa shape index (κ1) is 8.90. The quantitative estimate of drug-likeness (QED) is 0.789. The molecule has 0 spiro atoms. The van der Waals surface area contributed by atoms with Gasteiger partial charge in [0, 0.05) is 30.5 Å². The third kappa shape index (κ3) is 1.97. The summed E-state index contributed by atoms with van der Waals surface area (Å²) >= 11 is 1.34. The largest absolute Gasteiger partial charge is 0.463 e. The van der Waals surface area contributed by atoms with E-state index < -0.39 is 0 Å². The van der Waals surface area contributed by atoms with Crippen LogP contribution in [0.15, 0.2) is 0 Å². The normalized spacial score (nSPS) is 17.5. The number of hydrogen-bond donors (Lipinski definition) is 1. The van der Waals surface area contributed by atoms with Crippen molar-refractivity contribution in [2.24, 2.45) is 0 Å². The zero-order chi connectivity index (χ0) is 9.26. The summed E-state index contributed by atoms with van der Waals surface area (Å²) in [6, 6.07) is 0. The number of hydrogen-bond acceptors (Lipinski definition) is 5. The molecular formula is C8H13N3OS. The topological polar surface area (TPSA) is 47.0 Å². The Labute approximate surface area is 81.5 Å². The Kier molecular flexibility index (Phi) is 2.46. The number of nitrogens with zero attached hydrogens (tertiary/aromatic N) is 2. The number of nitrogens with one attached hydrogen (secondary N) is 1. The SMILES string of the molecule is CC(C)c1nsc(OC2CNC2)n1. The summed E-state index contributed by atoms with van der Waals surface area (Å²) < 4.78 is 9.78. The molecule has 72 valence electrons. The van der Waals surface area contributed by atoms with Crippen LogP contribution in [0.4, 0.5) is 0 Å². The van der Waals surface area contributed by atoms with Gasteiger partial charge in [-0.05, 0) is 0 Å². The first-order chi connectivity index (χ1) is 6.25. The van der Waals surface area contributed by atoms with E-state index in [0.717, 1.165) is 18.9 Å². The molecule has 0 radical (unpaired) electrons. The van der Waals surface area contributed by atoms with Gasteiger partial charge in [-0.15, -0.1) is 0 Å². The van der Waals surface area contributed by atoms with E-state index in [9.17, 15) is 0 Å². The fourth-order valence-corrected chi connectivity index (χ4v) is 1.73. The Morgan fingerprint density at radius 1 is 1.54 bits per heavy atom. The van der Waals surface area contributed by atoms with Crippen LogP contribution in [-0.4, -0.2) is 28.6 Å². The van der Waals surface area contributed by atoms with Crippen molar-refractivity contribution >= 4 is 11.5 Å². The minimum Gasteiger partial charge on any atom is -0.463 e. The van der Waals surface area contributed by atoms with Crippen molar-refractivity contribution in [1.82, 2.24) is 14.7 Å². The van der Waals surface area contributed by atoms with Crippen molar-refractivity contribution in [1.29, 1.82) is 0 Å². The molecule has 0 amide bonds. The standard InChI is InChI=1S/C8H13N3OS/c1-5(2)7-10-8(13-11-7)12-6-3-9-4-6/h5-6,9H,3-4H2,1-2H3. The fourth-order valence-electron chi connectivity index (χ4n) is 0.991. The van der Waals surface area contributed by atoms with Crippen molar-refractivity contribution in [3.63, 3.8) is 0 Å². The average molecular weight is 199 g/mol. The van der Waals surface area contributed by atoms with Gasteiger partial charge in [0.1, 0.15) is 11.9 Å². The van der Waals surface area contributed by atoms with Gasteiger partial charge in [-0.1, -0.05) is 13.8 Å². The van der Waals surface area contributed by atoms with Gasteiger partial charge in [0.2, 0.25) is 0 Å². The smallest absolute Gasteiger partial charge is 0.293 e. The third-order valence-electron chi connectivity index (χ3n) is 1.95. The molecule has 1 N–H and O–H groups in total. The lowest BCUT2D eigenvalue weighted by Crippen LogP contribution is -2.50. The highest BCUT2D eigenvalue weighted by atomic mass is 32.1. The lowest BCUT2D eigenvalue weighted by atomic mass is 10.2. The zero-order valence-electron chi connectivity index (χ0n) is 7.78. The summed E-state index contributed by atoms with van der Waals surface area (Å²) in [6.45, 7) is 6.01. The van der Waals surface area contributed by atoms with E-state index in [0.29, 0.717) is 17.2 Å². The van der Waals surface area contributed by atoms with E-state index >= 15 is 0 Å². The van der Waals surface area contributed by atoms with Gasteiger partial charge in [-0.2, -0.15) is 9.36 Å². The summed E-state index contributed by atoms with van der Waals surface area (Å²) in [5, 5.41) is 3.85. The predicted molar refractivity (Wildman–Crippen MR) is 51.3 cm³/mol. The molecule has 1 aromatic heterocycles. The molecule has 0 aliphatic carbocycles. The molecule has 5 heteroatoms. The van der Waals surface area contributed by atoms with Crippen LogP contribution in [0.25, 0.3) is 0 Å². The van der Waals surface area contributed by atoms with Crippen LogP contribution in [0.2, 0.25) is 0 Å². The molecule has 1 aliphatic rings. The molecule has 13 heavy (non-hydrogen) atoms. The van der Waals surface area contributed by atoms with Crippen LogP contribution in [0.1, 0.15) is 25.6 Å². The van der Waals surface area contributed by atoms with E-state index in [4.69, 9.17) is 4.74 Å². The number of ether oxygens (including phenoxy) is 1. The second-order valence-corrected chi connectivity index (χ2v) is 4.19. The minimum atomic E-state index is 0.299. The monoisotopic (exact) mass is 199 g/mol. The van der Waals surface area contributed by atoms with Gasteiger partial charge in [-0.25, -0.2) is 0 Å². The highest BCUT2D eigenvalue weighted by molar-refractivity contribution is 7.07. The van der Waals surface area contributed by atoms with E-state index in [2.05, 4.69) is 28.5 Å². The van der Waals surface area contributed by atoms with E-state index in [1.165, 1.54) is 11.5 Å². The second kappa shape index (κ2) is 3.59. The van der Waals surface area contributed by atoms with Crippen LogP contribution in [0.3, 0.4) is 0 Å². The van der Waals surface area contributed by atoms with Crippen LogP contribution >= 0.6 is 11.5 Å². The zero-order valence-corrected chi connectivity index (χ0v) is 8.60. The van der Waals surface area contributed by atoms with E-state index in [-0.39, 0.29) is 0 Å². The van der Waals surface area contributed by atoms with Crippen LogP contribution in [-0.2, 0) is 0 Å². The highest BCUT2D eigenvalue weighted by Gasteiger charge is 2.20. The Morgan fingerprint density at radius 2 is 2.31 bits per heavy atom. The molecule has 0 bridgehead atoms. The molecule has 0 aromatic carbocycles. The van der Waals surface area contributed by atoms with Gasteiger partial charge in [-0.3, -0.25) is 0 Å².